The Bertz CT molecular complexity index is 420. The Morgan fingerprint density at radius 2 is 2.41 bits per heavy atom. The van der Waals surface area contributed by atoms with Crippen LogP contribution in [0.25, 0.3) is 0 Å². The molecule has 0 bridgehead atoms. The monoisotopic (exact) mass is 235 g/mol. The lowest BCUT2D eigenvalue weighted by atomic mass is 10.1. The fraction of sp³-hybridized carbons (Fsp3) is 0.417. The molecule has 4 N–H and O–H groups in total. The van der Waals surface area contributed by atoms with E-state index < -0.39 is 0 Å². The van der Waals surface area contributed by atoms with Gasteiger partial charge in [-0.3, -0.25) is 4.79 Å². The van der Waals surface area contributed by atoms with Crippen LogP contribution in [0, 0.1) is 0 Å². The Balaban J connectivity index is 2.14. The van der Waals surface area contributed by atoms with Crippen LogP contribution >= 0.6 is 0 Å². The van der Waals surface area contributed by atoms with E-state index in [4.69, 9.17) is 10.5 Å². The zero-order chi connectivity index (χ0) is 12.3. The zero-order valence-corrected chi connectivity index (χ0v) is 9.82. The first-order valence-electron chi connectivity index (χ1n) is 5.71. The number of carbonyl (C=O) groups excluding carboxylic acids is 1. The summed E-state index contributed by atoms with van der Waals surface area (Å²) < 4.78 is 5.30. The number of carbonyl (C=O) groups is 1. The molecule has 1 unspecified atom stereocenters. The SMILES string of the molecule is CC(NCCN)c1ccc2c(c1)NC(=O)CO2. The van der Waals surface area contributed by atoms with Crippen molar-refractivity contribution in [3.63, 3.8) is 0 Å². The van der Waals surface area contributed by atoms with Crippen molar-refractivity contribution in [3.8, 4) is 5.75 Å². The number of amides is 1. The average Bonchev–Trinajstić information content (AvgIpc) is 2.35. The molecule has 1 aromatic rings. The molecule has 1 atom stereocenters. The lowest BCUT2D eigenvalue weighted by Crippen LogP contribution is -2.27. The normalized spacial score (nSPS) is 15.8. The second-order valence-electron chi connectivity index (χ2n) is 4.06. The topological polar surface area (TPSA) is 76.4 Å². The van der Waals surface area contributed by atoms with E-state index in [-0.39, 0.29) is 18.6 Å². The van der Waals surface area contributed by atoms with Gasteiger partial charge in [-0.25, -0.2) is 0 Å². The number of ether oxygens (including phenoxy) is 1. The largest absolute Gasteiger partial charge is 0.482 e. The summed E-state index contributed by atoms with van der Waals surface area (Å²) in [6.45, 7) is 3.52. The van der Waals surface area contributed by atoms with E-state index in [9.17, 15) is 4.79 Å². The summed E-state index contributed by atoms with van der Waals surface area (Å²) in [7, 11) is 0. The van der Waals surface area contributed by atoms with Crippen molar-refractivity contribution in [1.82, 2.24) is 5.32 Å². The molecule has 2 rings (SSSR count). The molecule has 0 saturated carbocycles. The highest BCUT2D eigenvalue weighted by atomic mass is 16.5. The molecule has 1 aliphatic rings. The van der Waals surface area contributed by atoms with Crippen LogP contribution in [0.5, 0.6) is 5.75 Å². The van der Waals surface area contributed by atoms with Crippen molar-refractivity contribution in [2.24, 2.45) is 5.73 Å². The molecule has 0 saturated heterocycles. The number of fused-ring (bicyclic) bond motifs is 1. The van der Waals surface area contributed by atoms with Gasteiger partial charge >= 0.3 is 0 Å². The summed E-state index contributed by atoms with van der Waals surface area (Å²) in [4.78, 5) is 11.2. The summed E-state index contributed by atoms with van der Waals surface area (Å²) in [5.41, 5.74) is 7.28. The van der Waals surface area contributed by atoms with Gasteiger partial charge in [-0.2, -0.15) is 0 Å². The van der Waals surface area contributed by atoms with E-state index in [2.05, 4.69) is 17.6 Å². The molecule has 1 amide bonds. The third kappa shape index (κ3) is 2.75. The minimum absolute atomic E-state index is 0.0906. The van der Waals surface area contributed by atoms with Crippen LogP contribution in [0.3, 0.4) is 0 Å². The van der Waals surface area contributed by atoms with E-state index in [1.165, 1.54) is 0 Å². The molecule has 0 spiro atoms. The van der Waals surface area contributed by atoms with Crippen molar-refractivity contribution in [2.75, 3.05) is 25.0 Å². The molecule has 1 aliphatic heterocycles. The van der Waals surface area contributed by atoms with E-state index in [0.29, 0.717) is 6.54 Å². The van der Waals surface area contributed by atoms with Crippen molar-refractivity contribution in [1.29, 1.82) is 0 Å². The van der Waals surface area contributed by atoms with Crippen LogP contribution in [0.1, 0.15) is 18.5 Å². The van der Waals surface area contributed by atoms with Gasteiger partial charge < -0.3 is 21.1 Å². The quantitative estimate of drug-likeness (QED) is 0.715. The van der Waals surface area contributed by atoms with E-state index in [1.807, 2.05) is 18.2 Å². The second kappa shape index (κ2) is 5.16. The van der Waals surface area contributed by atoms with Gasteiger partial charge in [0, 0.05) is 19.1 Å². The third-order valence-electron chi connectivity index (χ3n) is 2.73. The number of nitrogens with one attached hydrogen (secondary N) is 2. The Labute approximate surface area is 100 Å². The number of anilines is 1. The predicted octanol–water partition coefficient (Wildman–Crippen LogP) is 0.627. The lowest BCUT2D eigenvalue weighted by molar-refractivity contribution is -0.118. The maximum Gasteiger partial charge on any atom is 0.262 e. The minimum Gasteiger partial charge on any atom is -0.482 e. The summed E-state index contributed by atoms with van der Waals surface area (Å²) in [5.74, 6) is 0.608. The van der Waals surface area contributed by atoms with Gasteiger partial charge in [0.05, 0.1) is 5.69 Å². The van der Waals surface area contributed by atoms with E-state index >= 15 is 0 Å². The number of nitrogens with two attached hydrogens (primary N) is 1. The van der Waals surface area contributed by atoms with Gasteiger partial charge in [0.15, 0.2) is 6.61 Å². The highest BCUT2D eigenvalue weighted by molar-refractivity contribution is 5.95. The Morgan fingerprint density at radius 1 is 1.59 bits per heavy atom. The summed E-state index contributed by atoms with van der Waals surface area (Å²) in [6.07, 6.45) is 0. The van der Waals surface area contributed by atoms with Crippen LogP contribution in [-0.2, 0) is 4.79 Å². The molecular weight excluding hydrogens is 218 g/mol. The van der Waals surface area contributed by atoms with Crippen molar-refractivity contribution in [2.45, 2.75) is 13.0 Å². The number of benzene rings is 1. The van der Waals surface area contributed by atoms with Crippen LogP contribution in [0.15, 0.2) is 18.2 Å². The molecule has 0 fully saturated rings. The first kappa shape index (κ1) is 11.9. The molecule has 92 valence electrons. The average molecular weight is 235 g/mol. The van der Waals surface area contributed by atoms with Gasteiger partial charge in [0.1, 0.15) is 5.75 Å². The maximum atomic E-state index is 11.2. The Kier molecular flexibility index (Phi) is 3.61. The summed E-state index contributed by atoms with van der Waals surface area (Å²) in [5, 5.41) is 6.08. The van der Waals surface area contributed by atoms with E-state index in [0.717, 1.165) is 23.5 Å². The summed E-state index contributed by atoms with van der Waals surface area (Å²) >= 11 is 0. The Morgan fingerprint density at radius 3 is 3.18 bits per heavy atom. The number of hydrogen-bond acceptors (Lipinski definition) is 4. The standard InChI is InChI=1S/C12H17N3O2/c1-8(14-5-4-13)9-2-3-11-10(6-9)15-12(16)7-17-11/h2-3,6,8,14H,4-5,7,13H2,1H3,(H,15,16). The van der Waals surface area contributed by atoms with Gasteiger partial charge in [0.2, 0.25) is 0 Å². The van der Waals surface area contributed by atoms with Crippen molar-refractivity contribution >= 4 is 11.6 Å². The smallest absolute Gasteiger partial charge is 0.262 e. The van der Waals surface area contributed by atoms with Crippen molar-refractivity contribution in [3.05, 3.63) is 23.8 Å². The molecule has 0 radical (unpaired) electrons. The number of rotatable bonds is 4. The van der Waals surface area contributed by atoms with Crippen LogP contribution in [0.4, 0.5) is 5.69 Å². The van der Waals surface area contributed by atoms with Gasteiger partial charge in [0.25, 0.3) is 5.91 Å². The Hall–Kier alpha value is -1.59. The zero-order valence-electron chi connectivity index (χ0n) is 9.82. The fourth-order valence-corrected chi connectivity index (χ4v) is 1.79. The third-order valence-corrected chi connectivity index (χ3v) is 2.73. The van der Waals surface area contributed by atoms with Crippen molar-refractivity contribution < 1.29 is 9.53 Å². The predicted molar refractivity (Wildman–Crippen MR) is 66.0 cm³/mol. The summed E-state index contributed by atoms with van der Waals surface area (Å²) in [6, 6.07) is 6.00. The molecular formula is C12H17N3O2. The van der Waals surface area contributed by atoms with E-state index in [1.54, 1.807) is 0 Å². The highest BCUT2D eigenvalue weighted by Gasteiger charge is 2.17. The number of hydrogen-bond donors (Lipinski definition) is 3. The minimum atomic E-state index is -0.114. The highest BCUT2D eigenvalue weighted by Crippen LogP contribution is 2.30. The molecule has 17 heavy (non-hydrogen) atoms. The van der Waals surface area contributed by atoms with Gasteiger partial charge in [-0.1, -0.05) is 6.07 Å². The van der Waals surface area contributed by atoms with Crippen LogP contribution < -0.4 is 21.1 Å². The first-order chi connectivity index (χ1) is 8.20. The molecule has 0 aromatic heterocycles. The maximum absolute atomic E-state index is 11.2. The molecule has 5 heteroatoms. The fourth-order valence-electron chi connectivity index (χ4n) is 1.79. The second-order valence-corrected chi connectivity index (χ2v) is 4.06. The van der Waals surface area contributed by atoms with Gasteiger partial charge in [-0.05, 0) is 24.6 Å². The van der Waals surface area contributed by atoms with Crippen LogP contribution in [0.2, 0.25) is 0 Å². The lowest BCUT2D eigenvalue weighted by Gasteiger charge is -2.20. The molecule has 1 heterocycles. The molecule has 1 aromatic carbocycles. The van der Waals surface area contributed by atoms with Gasteiger partial charge in [-0.15, -0.1) is 0 Å². The molecule has 5 nitrogen and oxygen atoms in total. The van der Waals surface area contributed by atoms with Crippen LogP contribution in [-0.4, -0.2) is 25.6 Å². The first-order valence-corrected chi connectivity index (χ1v) is 5.71. The molecule has 0 aliphatic carbocycles.